The zero-order valence-electron chi connectivity index (χ0n) is 22.7. The highest BCUT2D eigenvalue weighted by Gasteiger charge is 2.46. The van der Waals surface area contributed by atoms with Crippen LogP contribution in [0, 0.1) is 13.8 Å². The summed E-state index contributed by atoms with van der Waals surface area (Å²) in [7, 11) is -7.05. The molecule has 5 heteroatoms. The summed E-state index contributed by atoms with van der Waals surface area (Å²) in [5, 5.41) is 2.45. The van der Waals surface area contributed by atoms with Gasteiger partial charge in [0.1, 0.15) is 7.14 Å². The second-order valence-corrected chi connectivity index (χ2v) is 16.0. The zero-order chi connectivity index (χ0) is 28.2. The molecule has 0 bridgehead atoms. The molecule has 0 aromatic heterocycles. The third-order valence-electron chi connectivity index (χ3n) is 7.59. The van der Waals surface area contributed by atoms with E-state index in [2.05, 4.69) is 0 Å². The summed E-state index contributed by atoms with van der Waals surface area (Å²) >= 11 is 0. The first-order chi connectivity index (χ1) is 19.3. The Balaban J connectivity index is 1.79. The van der Waals surface area contributed by atoms with Crippen LogP contribution in [-0.4, -0.2) is 17.6 Å². The quantitative estimate of drug-likeness (QED) is 0.145. The number of Topliss-reactive ketones (excluding diaryl/α,β-unsaturated/α-hetero) is 1. The van der Waals surface area contributed by atoms with E-state index in [-0.39, 0.29) is 11.9 Å². The Morgan fingerprint density at radius 1 is 0.550 bits per heavy atom. The molecule has 0 aliphatic heterocycles. The fourth-order valence-electron chi connectivity index (χ4n) is 5.20. The van der Waals surface area contributed by atoms with Crippen molar-refractivity contribution in [3.63, 3.8) is 0 Å². The van der Waals surface area contributed by atoms with Crippen molar-refractivity contribution < 1.29 is 13.9 Å². The van der Waals surface area contributed by atoms with Crippen LogP contribution in [-0.2, 0) is 9.13 Å². The number of hydrogen-bond acceptors (Lipinski definition) is 3. The van der Waals surface area contributed by atoms with Crippen LogP contribution in [0.1, 0.15) is 21.5 Å². The molecule has 0 amide bonds. The van der Waals surface area contributed by atoms with E-state index in [4.69, 9.17) is 0 Å². The van der Waals surface area contributed by atoms with Gasteiger partial charge in [-0.3, -0.25) is 4.79 Å². The third kappa shape index (κ3) is 5.33. The molecule has 0 saturated heterocycles. The molecule has 0 heterocycles. The second kappa shape index (κ2) is 11.8. The number of carbonyl (C=O) groups is 1. The maximum atomic E-state index is 15.7. The van der Waals surface area contributed by atoms with Crippen LogP contribution in [0.25, 0.3) is 0 Å². The van der Waals surface area contributed by atoms with Crippen LogP contribution in [0.2, 0.25) is 0 Å². The van der Waals surface area contributed by atoms with Gasteiger partial charge in [-0.15, -0.1) is 0 Å². The first-order valence-electron chi connectivity index (χ1n) is 13.4. The average molecular weight is 563 g/mol. The molecular formula is C35H32O3P2. The van der Waals surface area contributed by atoms with Crippen LogP contribution >= 0.6 is 14.3 Å². The van der Waals surface area contributed by atoms with Crippen molar-refractivity contribution >= 4 is 41.3 Å². The maximum absolute atomic E-state index is 15.7. The van der Waals surface area contributed by atoms with Crippen molar-refractivity contribution in [2.75, 3.05) is 6.16 Å². The lowest BCUT2D eigenvalue weighted by Gasteiger charge is -2.31. The van der Waals surface area contributed by atoms with Gasteiger partial charge in [0.25, 0.3) is 0 Å². The van der Waals surface area contributed by atoms with Crippen molar-refractivity contribution in [1.29, 1.82) is 0 Å². The first-order valence-corrected chi connectivity index (χ1v) is 17.0. The molecule has 5 aromatic rings. The molecule has 0 radical (unpaired) electrons. The van der Waals surface area contributed by atoms with Crippen LogP contribution < -0.4 is 21.2 Å². The molecule has 1 unspecified atom stereocenters. The second-order valence-electron chi connectivity index (χ2n) is 10.1. The number of carbonyl (C=O) groups excluding carboxylic acids is 1. The Kier molecular flexibility index (Phi) is 8.17. The van der Waals surface area contributed by atoms with Crippen LogP contribution in [0.4, 0.5) is 0 Å². The summed E-state index contributed by atoms with van der Waals surface area (Å²) < 4.78 is 31.0. The van der Waals surface area contributed by atoms with E-state index in [9.17, 15) is 4.79 Å². The minimum atomic E-state index is -3.64. The maximum Gasteiger partial charge on any atom is 0.174 e. The Labute approximate surface area is 236 Å². The third-order valence-corrected chi connectivity index (χ3v) is 14.4. The van der Waals surface area contributed by atoms with Crippen molar-refractivity contribution in [1.82, 2.24) is 0 Å². The van der Waals surface area contributed by atoms with Crippen molar-refractivity contribution in [2.45, 2.75) is 19.5 Å². The molecule has 0 spiro atoms. The Bertz CT molecular complexity index is 1610. The molecule has 40 heavy (non-hydrogen) atoms. The van der Waals surface area contributed by atoms with Crippen molar-refractivity contribution in [3.05, 3.63) is 156 Å². The number of hydrogen-bond donors (Lipinski definition) is 0. The normalized spacial score (nSPS) is 12.6. The summed E-state index contributed by atoms with van der Waals surface area (Å²) in [6.45, 7) is 3.97. The summed E-state index contributed by atoms with van der Waals surface area (Å²) in [6, 6.07) is 42.6. The smallest absolute Gasteiger partial charge is 0.174 e. The topological polar surface area (TPSA) is 51.2 Å². The van der Waals surface area contributed by atoms with Gasteiger partial charge >= 0.3 is 0 Å². The molecule has 3 nitrogen and oxygen atoms in total. The summed E-state index contributed by atoms with van der Waals surface area (Å²) in [5.74, 6) is -0.258. The monoisotopic (exact) mass is 562 g/mol. The number of benzene rings is 5. The van der Waals surface area contributed by atoms with E-state index >= 15 is 9.13 Å². The Hall–Kier alpha value is -3.77. The van der Waals surface area contributed by atoms with Gasteiger partial charge in [-0.25, -0.2) is 0 Å². The highest BCUT2D eigenvalue weighted by atomic mass is 31.2. The van der Waals surface area contributed by atoms with E-state index in [1.807, 2.05) is 147 Å². The van der Waals surface area contributed by atoms with Gasteiger partial charge in [-0.2, -0.15) is 0 Å². The Morgan fingerprint density at radius 2 is 0.950 bits per heavy atom. The lowest BCUT2D eigenvalue weighted by molar-refractivity contribution is 0.0992. The van der Waals surface area contributed by atoms with E-state index in [1.165, 1.54) is 0 Å². The fraction of sp³-hybridized carbons (Fsp3) is 0.114. The lowest BCUT2D eigenvalue weighted by atomic mass is 10.0. The average Bonchev–Trinajstić information content (AvgIpc) is 3.02. The number of rotatable bonds is 9. The molecule has 5 aromatic carbocycles. The summed E-state index contributed by atoms with van der Waals surface area (Å²) in [4.78, 5) is 14.6. The summed E-state index contributed by atoms with van der Waals surface area (Å²) in [6.07, 6.45) is -0.0617. The van der Waals surface area contributed by atoms with Gasteiger partial charge in [0.05, 0.1) is 5.66 Å². The van der Waals surface area contributed by atoms with Crippen LogP contribution in [0.5, 0.6) is 0 Å². The number of aryl methyl sites for hydroxylation is 2. The molecule has 1 atom stereocenters. The Morgan fingerprint density at radius 3 is 1.35 bits per heavy atom. The predicted molar refractivity (Wildman–Crippen MR) is 168 cm³/mol. The molecule has 0 saturated carbocycles. The number of ketones is 1. The largest absolute Gasteiger partial charge is 0.314 e. The van der Waals surface area contributed by atoms with E-state index in [0.717, 1.165) is 11.1 Å². The minimum Gasteiger partial charge on any atom is -0.314 e. The van der Waals surface area contributed by atoms with Crippen molar-refractivity contribution in [2.24, 2.45) is 0 Å². The zero-order valence-corrected chi connectivity index (χ0v) is 24.5. The SMILES string of the molecule is Cc1ccc(C(=O)C(CP(=O)(c2ccccc2)c2ccccc2)P(=O)(c2ccccc2)c2ccccc2)cc1C. The van der Waals surface area contributed by atoms with Crippen LogP contribution in [0.15, 0.2) is 140 Å². The van der Waals surface area contributed by atoms with Gasteiger partial charge in [0.15, 0.2) is 12.9 Å². The molecule has 5 rings (SSSR count). The highest BCUT2D eigenvalue weighted by Crippen LogP contribution is 2.56. The predicted octanol–water partition coefficient (Wildman–Crippen LogP) is 6.88. The fourth-order valence-corrected chi connectivity index (χ4v) is 12.2. The van der Waals surface area contributed by atoms with E-state index in [1.54, 1.807) is 6.07 Å². The van der Waals surface area contributed by atoms with Gasteiger partial charge in [-0.1, -0.05) is 133 Å². The molecule has 0 fully saturated rings. The van der Waals surface area contributed by atoms with Gasteiger partial charge in [0, 0.05) is 32.9 Å². The highest BCUT2D eigenvalue weighted by molar-refractivity contribution is 7.83. The molecule has 0 N–H and O–H groups in total. The standard InChI is InChI=1S/C35H32O3P2/c1-27-23-24-29(25-28(27)2)35(36)34(40(38,32-19-11-5-12-20-32)33-21-13-6-14-22-33)26-39(37,30-15-7-3-8-16-30)31-17-9-4-10-18-31/h3-25,34H,26H2,1-2H3. The van der Waals surface area contributed by atoms with Gasteiger partial charge in [0.2, 0.25) is 0 Å². The molecular weight excluding hydrogens is 530 g/mol. The van der Waals surface area contributed by atoms with Gasteiger partial charge in [-0.05, 0) is 31.0 Å². The summed E-state index contributed by atoms with van der Waals surface area (Å²) in [5.41, 5.74) is 1.48. The minimum absolute atomic E-state index is 0.0617. The van der Waals surface area contributed by atoms with Gasteiger partial charge < -0.3 is 9.13 Å². The molecule has 200 valence electrons. The van der Waals surface area contributed by atoms with Crippen LogP contribution in [0.3, 0.4) is 0 Å². The molecule has 0 aliphatic rings. The van der Waals surface area contributed by atoms with Crippen molar-refractivity contribution in [3.8, 4) is 0 Å². The molecule has 0 aliphatic carbocycles. The van der Waals surface area contributed by atoms with E-state index < -0.39 is 19.9 Å². The lowest BCUT2D eigenvalue weighted by Crippen LogP contribution is -2.37. The van der Waals surface area contributed by atoms with E-state index in [0.29, 0.717) is 26.8 Å². The first kappa shape index (κ1) is 27.8.